The second-order valence-corrected chi connectivity index (χ2v) is 8.66. The van der Waals surface area contributed by atoms with Gasteiger partial charge in [0.15, 0.2) is 5.58 Å². The first-order valence-corrected chi connectivity index (χ1v) is 11.0. The Kier molecular flexibility index (Phi) is 6.20. The summed E-state index contributed by atoms with van der Waals surface area (Å²) in [6, 6.07) is 8.68. The van der Waals surface area contributed by atoms with Crippen LogP contribution in [0.3, 0.4) is 0 Å². The van der Waals surface area contributed by atoms with Gasteiger partial charge < -0.3 is 9.84 Å². The van der Waals surface area contributed by atoms with Gasteiger partial charge in [-0.25, -0.2) is 4.68 Å². The van der Waals surface area contributed by atoms with Crippen LogP contribution >= 0.6 is 0 Å². The van der Waals surface area contributed by atoms with Gasteiger partial charge in [0.2, 0.25) is 5.91 Å². The molecule has 0 aliphatic heterocycles. The molecular weight excluding hydrogens is 445 g/mol. The molecule has 0 saturated heterocycles. The van der Waals surface area contributed by atoms with Gasteiger partial charge in [0.05, 0.1) is 22.6 Å². The quantitative estimate of drug-likeness (QED) is 0.364. The highest BCUT2D eigenvalue weighted by atomic mass is 19.4. The van der Waals surface area contributed by atoms with Crippen molar-refractivity contribution in [3.05, 3.63) is 70.7 Å². The number of aryl methyl sites for hydroxylation is 3. The van der Waals surface area contributed by atoms with Gasteiger partial charge in [-0.1, -0.05) is 19.0 Å². The number of amides is 1. The largest absolute Gasteiger partial charge is 0.416 e. The van der Waals surface area contributed by atoms with E-state index in [4.69, 9.17) is 4.52 Å². The predicted molar refractivity (Wildman–Crippen MR) is 123 cm³/mol. The maximum absolute atomic E-state index is 12.9. The number of nitrogens with zero attached hydrogens (tertiary/aromatic N) is 3. The van der Waals surface area contributed by atoms with Crippen LogP contribution in [0, 0.1) is 6.92 Å². The molecule has 0 aliphatic rings. The minimum absolute atomic E-state index is 0.141. The van der Waals surface area contributed by atoms with Gasteiger partial charge in [0, 0.05) is 30.3 Å². The zero-order valence-corrected chi connectivity index (χ0v) is 19.3. The molecule has 9 heteroatoms. The SMILES string of the molecule is CC(=O)Nc1cc2onc(CCc3cn(-c4ccc(C(F)(F)F)cc4)nc3C(C)C)c2cc1C. The van der Waals surface area contributed by atoms with Crippen LogP contribution in [-0.2, 0) is 23.8 Å². The van der Waals surface area contributed by atoms with Gasteiger partial charge in [0.25, 0.3) is 0 Å². The van der Waals surface area contributed by atoms with Gasteiger partial charge >= 0.3 is 6.18 Å². The van der Waals surface area contributed by atoms with E-state index in [9.17, 15) is 18.0 Å². The maximum Gasteiger partial charge on any atom is 0.416 e. The van der Waals surface area contributed by atoms with E-state index < -0.39 is 11.7 Å². The van der Waals surface area contributed by atoms with Crippen LogP contribution < -0.4 is 5.32 Å². The van der Waals surface area contributed by atoms with Crippen molar-refractivity contribution >= 4 is 22.6 Å². The van der Waals surface area contributed by atoms with Crippen molar-refractivity contribution in [3.8, 4) is 5.69 Å². The number of rotatable bonds is 6. The smallest absolute Gasteiger partial charge is 0.356 e. The summed E-state index contributed by atoms with van der Waals surface area (Å²) in [7, 11) is 0. The first-order valence-electron chi connectivity index (χ1n) is 11.0. The lowest BCUT2D eigenvalue weighted by Gasteiger charge is -2.07. The Morgan fingerprint density at radius 1 is 1.15 bits per heavy atom. The lowest BCUT2D eigenvalue weighted by Crippen LogP contribution is -2.06. The number of fused-ring (bicyclic) bond motifs is 1. The van der Waals surface area contributed by atoms with E-state index >= 15 is 0 Å². The molecule has 0 atom stereocenters. The zero-order valence-electron chi connectivity index (χ0n) is 19.3. The van der Waals surface area contributed by atoms with E-state index in [-0.39, 0.29) is 11.8 Å². The lowest BCUT2D eigenvalue weighted by molar-refractivity contribution is -0.137. The van der Waals surface area contributed by atoms with E-state index in [0.29, 0.717) is 29.8 Å². The molecule has 0 unspecified atom stereocenters. The molecule has 0 radical (unpaired) electrons. The summed E-state index contributed by atoms with van der Waals surface area (Å²) in [5.74, 6) is -0.0179. The van der Waals surface area contributed by atoms with Crippen molar-refractivity contribution in [2.45, 2.75) is 52.6 Å². The van der Waals surface area contributed by atoms with E-state index in [1.54, 1.807) is 10.7 Å². The molecule has 1 amide bonds. The minimum Gasteiger partial charge on any atom is -0.356 e. The minimum atomic E-state index is -4.38. The fourth-order valence-electron chi connectivity index (χ4n) is 3.94. The van der Waals surface area contributed by atoms with Gasteiger partial charge in [-0.3, -0.25) is 4.79 Å². The van der Waals surface area contributed by atoms with Crippen LogP contribution in [-0.4, -0.2) is 20.8 Å². The molecule has 2 aromatic carbocycles. The average Bonchev–Trinajstić information content (AvgIpc) is 3.36. The first kappa shape index (κ1) is 23.5. The van der Waals surface area contributed by atoms with Crippen LogP contribution in [0.25, 0.3) is 16.7 Å². The first-order chi connectivity index (χ1) is 16.0. The van der Waals surface area contributed by atoms with Crippen molar-refractivity contribution in [2.75, 3.05) is 5.32 Å². The number of halogens is 3. The highest BCUT2D eigenvalue weighted by Crippen LogP contribution is 2.31. The molecule has 2 heterocycles. The Labute approximate surface area is 194 Å². The number of alkyl halides is 3. The predicted octanol–water partition coefficient (Wildman–Crippen LogP) is 6.21. The van der Waals surface area contributed by atoms with Crippen LogP contribution in [0.1, 0.15) is 54.8 Å². The second kappa shape index (κ2) is 8.96. The van der Waals surface area contributed by atoms with Gasteiger partial charge in [-0.15, -0.1) is 0 Å². The highest BCUT2D eigenvalue weighted by molar-refractivity contribution is 5.93. The third kappa shape index (κ3) is 4.83. The summed E-state index contributed by atoms with van der Waals surface area (Å²) in [5, 5.41) is 12.5. The van der Waals surface area contributed by atoms with E-state index in [1.807, 2.05) is 33.0 Å². The second-order valence-electron chi connectivity index (χ2n) is 8.66. The standard InChI is InChI=1S/C25H25F3N4O2/c1-14(2)24-17(13-32(30-24)19-8-6-18(7-9-19)25(26,27)28)5-10-21-20-11-15(3)22(29-16(4)33)12-23(20)34-31-21/h6-9,11-14H,5,10H2,1-4H3,(H,29,33). The average molecular weight is 470 g/mol. The van der Waals surface area contributed by atoms with Crippen molar-refractivity contribution in [3.63, 3.8) is 0 Å². The van der Waals surface area contributed by atoms with Crippen LogP contribution in [0.5, 0.6) is 0 Å². The maximum atomic E-state index is 12.9. The molecule has 4 aromatic rings. The number of hydrogen-bond donors (Lipinski definition) is 1. The molecule has 0 fully saturated rings. The Hall–Kier alpha value is -3.62. The van der Waals surface area contributed by atoms with Crippen molar-refractivity contribution in [2.24, 2.45) is 0 Å². The molecular formula is C25H25F3N4O2. The van der Waals surface area contributed by atoms with Crippen molar-refractivity contribution < 1.29 is 22.5 Å². The van der Waals surface area contributed by atoms with Crippen LogP contribution in [0.15, 0.2) is 47.1 Å². The summed E-state index contributed by atoms with van der Waals surface area (Å²) < 4.78 is 45.8. The fraction of sp³-hybridized carbons (Fsp3) is 0.320. The third-order valence-corrected chi connectivity index (χ3v) is 5.66. The molecule has 2 aromatic heterocycles. The molecule has 178 valence electrons. The fourth-order valence-corrected chi connectivity index (χ4v) is 3.94. The third-order valence-electron chi connectivity index (χ3n) is 5.66. The van der Waals surface area contributed by atoms with Crippen LogP contribution in [0.4, 0.5) is 18.9 Å². The number of anilines is 1. The number of hydrogen-bond acceptors (Lipinski definition) is 4. The number of nitrogens with one attached hydrogen (secondary N) is 1. The van der Waals surface area contributed by atoms with E-state index in [0.717, 1.165) is 40.0 Å². The Bertz CT molecular complexity index is 1330. The summed E-state index contributed by atoms with van der Waals surface area (Å²) in [6.07, 6.45) is -1.27. The van der Waals surface area contributed by atoms with Crippen molar-refractivity contribution in [1.82, 2.24) is 14.9 Å². The van der Waals surface area contributed by atoms with E-state index in [1.165, 1.54) is 19.1 Å². The molecule has 6 nitrogen and oxygen atoms in total. The Balaban J connectivity index is 1.58. The molecule has 34 heavy (non-hydrogen) atoms. The van der Waals surface area contributed by atoms with Crippen LogP contribution in [0.2, 0.25) is 0 Å². The Morgan fingerprint density at radius 3 is 2.47 bits per heavy atom. The molecule has 0 spiro atoms. The monoisotopic (exact) mass is 470 g/mol. The van der Waals surface area contributed by atoms with Gasteiger partial charge in [0.1, 0.15) is 0 Å². The van der Waals surface area contributed by atoms with Crippen molar-refractivity contribution in [1.29, 1.82) is 0 Å². The summed E-state index contributed by atoms with van der Waals surface area (Å²) in [6.45, 7) is 7.42. The van der Waals surface area contributed by atoms with E-state index in [2.05, 4.69) is 15.6 Å². The van der Waals surface area contributed by atoms with Gasteiger partial charge in [-0.2, -0.15) is 18.3 Å². The number of benzene rings is 2. The topological polar surface area (TPSA) is 73.0 Å². The van der Waals surface area contributed by atoms with Gasteiger partial charge in [-0.05, 0) is 67.1 Å². The summed E-state index contributed by atoms with van der Waals surface area (Å²) in [4.78, 5) is 11.4. The lowest BCUT2D eigenvalue weighted by atomic mass is 10.0. The zero-order chi connectivity index (χ0) is 24.6. The summed E-state index contributed by atoms with van der Waals surface area (Å²) >= 11 is 0. The normalized spacial score (nSPS) is 12.0. The molecule has 4 rings (SSSR count). The molecule has 0 saturated carbocycles. The Morgan fingerprint density at radius 2 is 1.85 bits per heavy atom. The molecule has 0 aliphatic carbocycles. The molecule has 0 bridgehead atoms. The number of carbonyl (C=O) groups excluding carboxylic acids is 1. The molecule has 1 N–H and O–H groups in total. The number of aromatic nitrogens is 3. The number of carbonyl (C=O) groups is 1. The highest BCUT2D eigenvalue weighted by Gasteiger charge is 2.30. The summed E-state index contributed by atoms with van der Waals surface area (Å²) in [5.41, 5.74) is 4.73.